The number of nitrogens with zero attached hydrogens (tertiary/aromatic N) is 4. The average molecular weight is 789 g/mol. The second kappa shape index (κ2) is 14.7. The van der Waals surface area contributed by atoms with Gasteiger partial charge >= 0.3 is 0 Å². The first-order chi connectivity index (χ1) is 30.7. The molecule has 0 aliphatic rings. The zero-order valence-corrected chi connectivity index (χ0v) is 33.6. The molecule has 0 unspecified atom stereocenters. The van der Waals surface area contributed by atoms with Gasteiger partial charge in [0, 0.05) is 33.0 Å². The fourth-order valence-electron chi connectivity index (χ4n) is 8.94. The van der Waals surface area contributed by atoms with E-state index in [9.17, 15) is 0 Å². The van der Waals surface area contributed by atoms with Gasteiger partial charge in [0.2, 0.25) is 0 Å². The van der Waals surface area contributed by atoms with Crippen molar-refractivity contribution in [2.75, 3.05) is 0 Å². The molecule has 2 aromatic heterocycles. The van der Waals surface area contributed by atoms with Gasteiger partial charge in [-0.1, -0.05) is 194 Å². The molecule has 62 heavy (non-hydrogen) atoms. The van der Waals surface area contributed by atoms with Crippen molar-refractivity contribution in [3.63, 3.8) is 0 Å². The van der Waals surface area contributed by atoms with Gasteiger partial charge in [0.1, 0.15) is 0 Å². The van der Waals surface area contributed by atoms with Crippen molar-refractivity contribution in [2.45, 2.75) is 0 Å². The number of fused-ring (bicyclic) bond motifs is 5. The van der Waals surface area contributed by atoms with E-state index in [-0.39, 0.29) is 0 Å². The molecule has 0 aliphatic heterocycles. The lowest BCUT2D eigenvalue weighted by atomic mass is 9.96. The molecule has 4 heteroatoms. The molecule has 12 aromatic rings. The summed E-state index contributed by atoms with van der Waals surface area (Å²) in [5, 5.41) is 9.21. The van der Waals surface area contributed by atoms with E-state index in [1.165, 1.54) is 38.2 Å². The Bertz CT molecular complexity index is 3680. The molecule has 0 spiro atoms. The van der Waals surface area contributed by atoms with Gasteiger partial charge in [-0.2, -0.15) is 0 Å². The third-order valence-electron chi connectivity index (χ3n) is 12.1. The second-order valence-corrected chi connectivity index (χ2v) is 15.8. The second-order valence-electron chi connectivity index (χ2n) is 15.8. The first-order valence-electron chi connectivity index (χ1n) is 21.0. The minimum atomic E-state index is 0.695. The summed E-state index contributed by atoms with van der Waals surface area (Å²) in [6.07, 6.45) is 0. The summed E-state index contributed by atoms with van der Waals surface area (Å²) in [4.78, 5) is 20.6. The van der Waals surface area contributed by atoms with Crippen LogP contribution in [0.1, 0.15) is 0 Å². The fourth-order valence-corrected chi connectivity index (χ4v) is 8.94. The first-order valence-corrected chi connectivity index (χ1v) is 21.0. The van der Waals surface area contributed by atoms with E-state index in [2.05, 4.69) is 206 Å². The number of rotatable bonds is 6. The Kier molecular flexibility index (Phi) is 8.46. The molecule has 0 N–H and O–H groups in total. The van der Waals surface area contributed by atoms with Crippen LogP contribution in [-0.2, 0) is 0 Å². The standard InChI is InChI=1S/C58H36N4/c1-3-15-47-37(11-1)13-9-19-49(47)39-23-27-41(28-24-39)55-51-17-5-7-21-53(51)60-58(61-55)46-34-32-43-35-45(33-31-44(43)36-46)56-52-18-6-8-22-54(52)59-57(62-56)42-29-25-40(26-30-42)50-20-10-14-38-12-2-4-16-48(38)50/h1-36H. The molecule has 12 rings (SSSR count). The Morgan fingerprint density at radius 1 is 0.226 bits per heavy atom. The van der Waals surface area contributed by atoms with E-state index in [0.717, 1.165) is 71.8 Å². The van der Waals surface area contributed by atoms with Crippen molar-refractivity contribution >= 4 is 54.1 Å². The van der Waals surface area contributed by atoms with Gasteiger partial charge in [-0.15, -0.1) is 0 Å². The predicted octanol–water partition coefficient (Wildman–Crippen LogP) is 15.0. The third-order valence-corrected chi connectivity index (χ3v) is 12.1. The number of hydrogen-bond acceptors (Lipinski definition) is 4. The van der Waals surface area contributed by atoms with E-state index < -0.39 is 0 Å². The summed E-state index contributed by atoms with van der Waals surface area (Å²) in [6, 6.07) is 77.0. The molecule has 0 atom stereocenters. The lowest BCUT2D eigenvalue weighted by Gasteiger charge is -2.12. The summed E-state index contributed by atoms with van der Waals surface area (Å²) in [6.45, 7) is 0. The lowest BCUT2D eigenvalue weighted by Crippen LogP contribution is -1.96. The zero-order valence-electron chi connectivity index (χ0n) is 33.6. The van der Waals surface area contributed by atoms with Crippen LogP contribution in [0, 0.1) is 0 Å². The van der Waals surface area contributed by atoms with E-state index in [0.29, 0.717) is 11.6 Å². The molecule has 0 radical (unpaired) electrons. The highest BCUT2D eigenvalue weighted by Crippen LogP contribution is 2.36. The van der Waals surface area contributed by atoms with Crippen LogP contribution in [0.15, 0.2) is 218 Å². The van der Waals surface area contributed by atoms with Gasteiger partial charge in [-0.3, -0.25) is 0 Å². The fraction of sp³-hybridized carbons (Fsp3) is 0. The Hall–Kier alpha value is -8.34. The highest BCUT2D eigenvalue weighted by molar-refractivity contribution is 6.01. The summed E-state index contributed by atoms with van der Waals surface area (Å²) in [5.74, 6) is 1.40. The Labute approximate surface area is 358 Å². The highest BCUT2D eigenvalue weighted by Gasteiger charge is 2.16. The molecule has 0 saturated carbocycles. The van der Waals surface area contributed by atoms with E-state index in [4.69, 9.17) is 19.9 Å². The van der Waals surface area contributed by atoms with Crippen LogP contribution < -0.4 is 0 Å². The third kappa shape index (κ3) is 6.25. The molecule has 288 valence electrons. The largest absolute Gasteiger partial charge is 0.228 e. The highest BCUT2D eigenvalue weighted by atomic mass is 14.9. The Balaban J connectivity index is 0.892. The molecule has 0 aliphatic carbocycles. The molecule has 0 fully saturated rings. The van der Waals surface area contributed by atoms with E-state index in [1.54, 1.807) is 0 Å². The van der Waals surface area contributed by atoms with Crippen molar-refractivity contribution in [1.82, 2.24) is 19.9 Å². The van der Waals surface area contributed by atoms with Gasteiger partial charge in [0.15, 0.2) is 11.6 Å². The first kappa shape index (κ1) is 35.6. The molecular weight excluding hydrogens is 753 g/mol. The molecule has 0 bridgehead atoms. The predicted molar refractivity (Wildman–Crippen MR) is 258 cm³/mol. The average Bonchev–Trinajstić information content (AvgIpc) is 3.35. The summed E-state index contributed by atoms with van der Waals surface area (Å²) in [7, 11) is 0. The topological polar surface area (TPSA) is 51.6 Å². The van der Waals surface area contributed by atoms with Crippen LogP contribution >= 0.6 is 0 Å². The van der Waals surface area contributed by atoms with Gasteiger partial charge in [-0.05, 0) is 78.8 Å². The van der Waals surface area contributed by atoms with Gasteiger partial charge in [0.05, 0.1) is 22.4 Å². The van der Waals surface area contributed by atoms with Crippen molar-refractivity contribution in [1.29, 1.82) is 0 Å². The van der Waals surface area contributed by atoms with Crippen LogP contribution in [0.3, 0.4) is 0 Å². The van der Waals surface area contributed by atoms with Gasteiger partial charge < -0.3 is 0 Å². The van der Waals surface area contributed by atoms with E-state index >= 15 is 0 Å². The molecule has 10 aromatic carbocycles. The van der Waals surface area contributed by atoms with Crippen LogP contribution in [0.5, 0.6) is 0 Å². The quantitative estimate of drug-likeness (QED) is 0.168. The van der Waals surface area contributed by atoms with E-state index in [1.807, 2.05) is 12.1 Å². The number of aromatic nitrogens is 4. The minimum absolute atomic E-state index is 0.695. The Morgan fingerprint density at radius 3 is 1.18 bits per heavy atom. The molecule has 2 heterocycles. The smallest absolute Gasteiger partial charge is 0.160 e. The molecule has 0 saturated heterocycles. The molecule has 0 amide bonds. The van der Waals surface area contributed by atoms with Crippen LogP contribution in [-0.4, -0.2) is 19.9 Å². The minimum Gasteiger partial charge on any atom is -0.228 e. The maximum Gasteiger partial charge on any atom is 0.160 e. The summed E-state index contributed by atoms with van der Waals surface area (Å²) >= 11 is 0. The van der Waals surface area contributed by atoms with Gasteiger partial charge in [0.25, 0.3) is 0 Å². The van der Waals surface area contributed by atoms with Crippen LogP contribution in [0.4, 0.5) is 0 Å². The normalized spacial score (nSPS) is 11.5. The van der Waals surface area contributed by atoms with Crippen molar-refractivity contribution < 1.29 is 0 Å². The number of para-hydroxylation sites is 2. The maximum absolute atomic E-state index is 5.25. The maximum atomic E-state index is 5.25. The summed E-state index contributed by atoms with van der Waals surface area (Å²) in [5.41, 5.74) is 12.4. The van der Waals surface area contributed by atoms with Gasteiger partial charge in [-0.25, -0.2) is 19.9 Å². The molecule has 4 nitrogen and oxygen atoms in total. The Morgan fingerprint density at radius 2 is 0.613 bits per heavy atom. The number of benzene rings is 10. The number of hydrogen-bond donors (Lipinski definition) is 0. The monoisotopic (exact) mass is 788 g/mol. The zero-order chi connectivity index (χ0) is 41.0. The molecular formula is C58H36N4. The van der Waals surface area contributed by atoms with Crippen LogP contribution in [0.2, 0.25) is 0 Å². The van der Waals surface area contributed by atoms with Crippen LogP contribution in [0.25, 0.3) is 122 Å². The summed E-state index contributed by atoms with van der Waals surface area (Å²) < 4.78 is 0. The van der Waals surface area contributed by atoms with Crippen molar-refractivity contribution in [2.24, 2.45) is 0 Å². The van der Waals surface area contributed by atoms with Crippen molar-refractivity contribution in [3.05, 3.63) is 218 Å². The SMILES string of the molecule is c1ccc2c(-c3ccc(-c4nc(-c5ccc6cc(-c7nc(-c8ccc(-c9cccc%10ccccc9%10)cc8)c8ccccc8n7)ccc6c5)c5ccccc5n4)cc3)cccc2c1. The lowest BCUT2D eigenvalue weighted by molar-refractivity contribution is 1.23. The van der Waals surface area contributed by atoms with Crippen molar-refractivity contribution in [3.8, 4) is 67.5 Å².